The molecule has 0 aliphatic carbocycles. The molecule has 1 atom stereocenters. The molecule has 0 aromatic heterocycles. The summed E-state index contributed by atoms with van der Waals surface area (Å²) < 4.78 is 5.09. The maximum Gasteiger partial charge on any atom is 0.248 e. The molecule has 1 amide bonds. The number of rotatable bonds is 5. The highest BCUT2D eigenvalue weighted by Gasteiger charge is 2.16. The number of amides is 1. The van der Waals surface area contributed by atoms with E-state index in [4.69, 9.17) is 4.74 Å². The Morgan fingerprint density at radius 2 is 2.00 bits per heavy atom. The number of hydrogen-bond donors (Lipinski definition) is 1. The molecule has 0 saturated heterocycles. The minimum atomic E-state index is -0.0487. The number of aromatic hydroxyl groups is 1. The summed E-state index contributed by atoms with van der Waals surface area (Å²) in [6.45, 7) is 4.44. The number of nitrogens with zero attached hydrogens (tertiary/aromatic N) is 1. The third-order valence-electron chi connectivity index (χ3n) is 2.78. The predicted octanol–water partition coefficient (Wildman–Crippen LogP) is 1.95. The van der Waals surface area contributed by atoms with Gasteiger partial charge in [0.25, 0.3) is 0 Å². The van der Waals surface area contributed by atoms with E-state index in [1.54, 1.807) is 24.1 Å². The lowest BCUT2D eigenvalue weighted by Gasteiger charge is -2.25. The maximum absolute atomic E-state index is 11.7. The molecule has 4 heteroatoms. The van der Waals surface area contributed by atoms with Crippen LogP contribution >= 0.6 is 0 Å². The van der Waals surface area contributed by atoms with Gasteiger partial charge in [0.2, 0.25) is 5.91 Å². The van der Waals surface area contributed by atoms with Gasteiger partial charge in [-0.1, -0.05) is 12.1 Å². The van der Waals surface area contributed by atoms with Crippen molar-refractivity contribution in [3.8, 4) is 5.75 Å². The number of phenolic OH excluding ortho intramolecular Hbond substituents is 1. The molecule has 1 rings (SSSR count). The summed E-state index contributed by atoms with van der Waals surface area (Å²) in [5, 5.41) is 9.20. The van der Waals surface area contributed by atoms with Crippen LogP contribution in [0.3, 0.4) is 0 Å². The first-order valence-corrected chi connectivity index (χ1v) is 5.68. The van der Waals surface area contributed by atoms with Crippen LogP contribution in [0.15, 0.2) is 24.3 Å². The van der Waals surface area contributed by atoms with E-state index in [1.807, 2.05) is 26.0 Å². The molecule has 1 unspecified atom stereocenters. The first-order chi connectivity index (χ1) is 8.06. The molecule has 4 nitrogen and oxygen atoms in total. The maximum atomic E-state index is 11.7. The SMILES string of the molecule is CCOCC(=O)N(C)C(C)c1ccc(O)cc1. The van der Waals surface area contributed by atoms with Crippen molar-refractivity contribution in [2.24, 2.45) is 0 Å². The Bertz CT molecular complexity index is 361. The fraction of sp³-hybridized carbons (Fsp3) is 0.462. The molecule has 0 aliphatic rings. The first kappa shape index (κ1) is 13.5. The molecule has 1 aromatic rings. The van der Waals surface area contributed by atoms with Crippen LogP contribution in [-0.4, -0.2) is 36.2 Å². The van der Waals surface area contributed by atoms with Gasteiger partial charge in [0.1, 0.15) is 12.4 Å². The van der Waals surface area contributed by atoms with Crippen LogP contribution in [0.25, 0.3) is 0 Å². The Morgan fingerprint density at radius 3 is 2.53 bits per heavy atom. The largest absolute Gasteiger partial charge is 0.508 e. The molecule has 0 fully saturated rings. The Kier molecular flexibility index (Phi) is 4.97. The molecule has 0 saturated carbocycles. The van der Waals surface area contributed by atoms with Crippen molar-refractivity contribution < 1.29 is 14.6 Å². The van der Waals surface area contributed by atoms with E-state index >= 15 is 0 Å². The second-order valence-corrected chi connectivity index (χ2v) is 3.91. The minimum Gasteiger partial charge on any atom is -0.508 e. The number of ether oxygens (including phenoxy) is 1. The molecule has 0 heterocycles. The van der Waals surface area contributed by atoms with Gasteiger partial charge < -0.3 is 14.7 Å². The Hall–Kier alpha value is -1.55. The van der Waals surface area contributed by atoms with Crippen molar-refractivity contribution >= 4 is 5.91 Å². The van der Waals surface area contributed by atoms with Gasteiger partial charge in [0.15, 0.2) is 0 Å². The molecule has 94 valence electrons. The van der Waals surface area contributed by atoms with Crippen molar-refractivity contribution in [3.63, 3.8) is 0 Å². The van der Waals surface area contributed by atoms with Crippen LogP contribution in [0.2, 0.25) is 0 Å². The number of likely N-dealkylation sites (N-methyl/N-ethyl adjacent to an activating group) is 1. The monoisotopic (exact) mass is 237 g/mol. The van der Waals surface area contributed by atoms with Gasteiger partial charge in [-0.05, 0) is 31.5 Å². The smallest absolute Gasteiger partial charge is 0.248 e. The summed E-state index contributed by atoms with van der Waals surface area (Å²) in [6, 6.07) is 6.82. The Morgan fingerprint density at radius 1 is 1.41 bits per heavy atom. The number of benzene rings is 1. The second-order valence-electron chi connectivity index (χ2n) is 3.91. The molecule has 0 aliphatic heterocycles. The molecule has 17 heavy (non-hydrogen) atoms. The van der Waals surface area contributed by atoms with E-state index in [0.717, 1.165) is 5.56 Å². The van der Waals surface area contributed by atoms with Crippen molar-refractivity contribution in [2.45, 2.75) is 19.9 Å². The summed E-state index contributed by atoms with van der Waals surface area (Å²) in [6.07, 6.45) is 0. The molecule has 0 spiro atoms. The zero-order valence-corrected chi connectivity index (χ0v) is 10.5. The van der Waals surface area contributed by atoms with Crippen molar-refractivity contribution in [2.75, 3.05) is 20.3 Å². The van der Waals surface area contributed by atoms with Crippen LogP contribution in [0, 0.1) is 0 Å². The fourth-order valence-corrected chi connectivity index (χ4v) is 1.48. The summed E-state index contributed by atoms with van der Waals surface area (Å²) in [5.41, 5.74) is 0.982. The van der Waals surface area contributed by atoms with E-state index < -0.39 is 0 Å². The van der Waals surface area contributed by atoms with Crippen LogP contribution in [0.4, 0.5) is 0 Å². The lowest BCUT2D eigenvalue weighted by atomic mass is 10.1. The van der Waals surface area contributed by atoms with Crippen LogP contribution in [0.1, 0.15) is 25.5 Å². The van der Waals surface area contributed by atoms with E-state index in [2.05, 4.69) is 0 Å². The lowest BCUT2D eigenvalue weighted by molar-refractivity contribution is -0.136. The van der Waals surface area contributed by atoms with Crippen molar-refractivity contribution in [3.05, 3.63) is 29.8 Å². The average molecular weight is 237 g/mol. The van der Waals surface area contributed by atoms with E-state index in [0.29, 0.717) is 6.61 Å². The summed E-state index contributed by atoms with van der Waals surface area (Å²) in [5.74, 6) is 0.177. The molecular weight excluding hydrogens is 218 g/mol. The topological polar surface area (TPSA) is 49.8 Å². The highest BCUT2D eigenvalue weighted by atomic mass is 16.5. The Balaban J connectivity index is 2.65. The fourth-order valence-electron chi connectivity index (χ4n) is 1.48. The van der Waals surface area contributed by atoms with Gasteiger partial charge in [-0.2, -0.15) is 0 Å². The normalized spacial score (nSPS) is 12.2. The second kappa shape index (κ2) is 6.25. The predicted molar refractivity (Wildman–Crippen MR) is 65.8 cm³/mol. The highest BCUT2D eigenvalue weighted by Crippen LogP contribution is 2.21. The molecule has 0 bridgehead atoms. The van der Waals surface area contributed by atoms with Gasteiger partial charge in [-0.15, -0.1) is 0 Å². The van der Waals surface area contributed by atoms with E-state index in [9.17, 15) is 9.90 Å². The number of carbonyl (C=O) groups is 1. The van der Waals surface area contributed by atoms with E-state index in [-0.39, 0.29) is 24.3 Å². The molecule has 1 aromatic carbocycles. The molecular formula is C13H19NO3. The zero-order chi connectivity index (χ0) is 12.8. The van der Waals surface area contributed by atoms with Gasteiger partial charge in [0.05, 0.1) is 6.04 Å². The van der Waals surface area contributed by atoms with Crippen LogP contribution < -0.4 is 0 Å². The van der Waals surface area contributed by atoms with Gasteiger partial charge in [0, 0.05) is 13.7 Å². The first-order valence-electron chi connectivity index (χ1n) is 5.68. The number of phenols is 1. The van der Waals surface area contributed by atoms with Crippen LogP contribution in [-0.2, 0) is 9.53 Å². The summed E-state index contributed by atoms with van der Waals surface area (Å²) >= 11 is 0. The van der Waals surface area contributed by atoms with E-state index in [1.165, 1.54) is 0 Å². The molecule has 1 N–H and O–H groups in total. The Labute approximate surface area is 102 Å². The number of carbonyl (C=O) groups excluding carboxylic acids is 1. The zero-order valence-electron chi connectivity index (χ0n) is 10.5. The highest BCUT2D eigenvalue weighted by molar-refractivity contribution is 5.77. The van der Waals surface area contributed by atoms with Gasteiger partial charge in [-0.25, -0.2) is 0 Å². The van der Waals surface area contributed by atoms with Crippen molar-refractivity contribution in [1.29, 1.82) is 0 Å². The van der Waals surface area contributed by atoms with Gasteiger partial charge >= 0.3 is 0 Å². The summed E-state index contributed by atoms with van der Waals surface area (Å²) in [4.78, 5) is 13.4. The molecule has 0 radical (unpaired) electrons. The number of hydrogen-bond acceptors (Lipinski definition) is 3. The van der Waals surface area contributed by atoms with Crippen LogP contribution in [0.5, 0.6) is 5.75 Å². The van der Waals surface area contributed by atoms with Crippen molar-refractivity contribution in [1.82, 2.24) is 4.90 Å². The standard InChI is InChI=1S/C13H19NO3/c1-4-17-9-13(16)14(3)10(2)11-5-7-12(15)8-6-11/h5-8,10,15H,4,9H2,1-3H3. The van der Waals surface area contributed by atoms with Gasteiger partial charge in [-0.3, -0.25) is 4.79 Å². The third-order valence-corrected chi connectivity index (χ3v) is 2.78. The third kappa shape index (κ3) is 3.75. The minimum absolute atomic E-state index is 0.0384. The summed E-state index contributed by atoms with van der Waals surface area (Å²) in [7, 11) is 1.75. The lowest BCUT2D eigenvalue weighted by Crippen LogP contribution is -2.32. The average Bonchev–Trinajstić information content (AvgIpc) is 2.35. The quantitative estimate of drug-likeness (QED) is 0.851.